The van der Waals surface area contributed by atoms with Gasteiger partial charge in [0.1, 0.15) is 0 Å². The SMILES string of the molecule is Cn1c(N2CCC3(CCCC3)CC2)ncc(Sc2cccc(Cl)c2Cl)c1=O. The van der Waals surface area contributed by atoms with E-state index in [1.165, 1.54) is 50.3 Å². The van der Waals surface area contributed by atoms with Crippen LogP contribution >= 0.6 is 35.0 Å². The normalized spacial score (nSPS) is 19.0. The third-order valence-electron chi connectivity index (χ3n) is 6.02. The fourth-order valence-electron chi connectivity index (χ4n) is 4.37. The van der Waals surface area contributed by atoms with E-state index in [4.69, 9.17) is 23.2 Å². The van der Waals surface area contributed by atoms with E-state index in [9.17, 15) is 4.79 Å². The second-order valence-corrected chi connectivity index (χ2v) is 9.50. The lowest BCUT2D eigenvalue weighted by molar-refractivity contribution is 0.225. The van der Waals surface area contributed by atoms with Gasteiger partial charge in [-0.3, -0.25) is 9.36 Å². The Morgan fingerprint density at radius 2 is 1.78 bits per heavy atom. The minimum absolute atomic E-state index is 0.0535. The Kier molecular flexibility index (Phi) is 5.45. The summed E-state index contributed by atoms with van der Waals surface area (Å²) in [6.45, 7) is 1.96. The van der Waals surface area contributed by atoms with Crippen molar-refractivity contribution in [1.82, 2.24) is 9.55 Å². The first-order valence-corrected chi connectivity index (χ1v) is 11.0. The van der Waals surface area contributed by atoms with E-state index >= 15 is 0 Å². The number of nitrogens with zero attached hydrogens (tertiary/aromatic N) is 3. The molecule has 0 unspecified atom stereocenters. The molecule has 1 aromatic heterocycles. The molecule has 1 aliphatic carbocycles. The zero-order valence-electron chi connectivity index (χ0n) is 15.4. The Balaban J connectivity index is 1.54. The lowest BCUT2D eigenvalue weighted by Gasteiger charge is -2.40. The molecule has 1 spiro atoms. The molecule has 4 rings (SSSR count). The summed E-state index contributed by atoms with van der Waals surface area (Å²) in [5.74, 6) is 0.759. The Hall–Kier alpha value is -1.17. The number of piperidine rings is 1. The first-order chi connectivity index (χ1) is 13.0. The van der Waals surface area contributed by atoms with Gasteiger partial charge in [0.15, 0.2) is 0 Å². The average molecular weight is 424 g/mol. The molecule has 4 nitrogen and oxygen atoms in total. The summed E-state index contributed by atoms with van der Waals surface area (Å²) in [4.78, 5) is 21.1. The van der Waals surface area contributed by atoms with Gasteiger partial charge < -0.3 is 4.90 Å². The molecule has 0 radical (unpaired) electrons. The number of benzene rings is 1. The predicted octanol–water partition coefficient (Wildman–Crippen LogP) is 5.40. The summed E-state index contributed by atoms with van der Waals surface area (Å²) in [6.07, 6.45) is 9.55. The lowest BCUT2D eigenvalue weighted by atomic mass is 9.77. The van der Waals surface area contributed by atoms with Crippen LogP contribution in [0.1, 0.15) is 38.5 Å². The molecule has 2 aromatic rings. The number of rotatable bonds is 3. The van der Waals surface area contributed by atoms with Crippen molar-refractivity contribution < 1.29 is 0 Å². The molecular formula is C20H23Cl2N3OS. The van der Waals surface area contributed by atoms with E-state index in [0.717, 1.165) is 23.9 Å². The monoisotopic (exact) mass is 423 g/mol. The minimum Gasteiger partial charge on any atom is -0.342 e. The summed E-state index contributed by atoms with van der Waals surface area (Å²) in [5, 5.41) is 0.949. The zero-order valence-corrected chi connectivity index (χ0v) is 17.7. The molecule has 7 heteroatoms. The summed E-state index contributed by atoms with van der Waals surface area (Å²) in [7, 11) is 1.80. The Morgan fingerprint density at radius 1 is 1.07 bits per heavy atom. The van der Waals surface area contributed by atoms with E-state index in [-0.39, 0.29) is 5.56 Å². The second kappa shape index (κ2) is 7.69. The summed E-state index contributed by atoms with van der Waals surface area (Å²) >= 11 is 13.6. The van der Waals surface area contributed by atoms with Crippen LogP contribution in [0, 0.1) is 5.41 Å². The molecule has 2 fully saturated rings. The van der Waals surface area contributed by atoms with Gasteiger partial charge in [-0.15, -0.1) is 0 Å². The van der Waals surface area contributed by atoms with E-state index in [2.05, 4.69) is 9.88 Å². The fourth-order valence-corrected chi connectivity index (χ4v) is 5.75. The molecular weight excluding hydrogens is 401 g/mol. The minimum atomic E-state index is -0.0535. The smallest absolute Gasteiger partial charge is 0.268 e. The number of aromatic nitrogens is 2. The van der Waals surface area contributed by atoms with Crippen LogP contribution in [-0.4, -0.2) is 22.6 Å². The van der Waals surface area contributed by atoms with Crippen molar-refractivity contribution in [2.24, 2.45) is 12.5 Å². The van der Waals surface area contributed by atoms with Gasteiger partial charge in [-0.1, -0.05) is 53.9 Å². The molecule has 0 N–H and O–H groups in total. The molecule has 144 valence electrons. The number of halogens is 2. The van der Waals surface area contributed by atoms with Gasteiger partial charge >= 0.3 is 0 Å². The van der Waals surface area contributed by atoms with Gasteiger partial charge in [0.25, 0.3) is 5.56 Å². The zero-order chi connectivity index (χ0) is 19.0. The van der Waals surface area contributed by atoms with Crippen LogP contribution < -0.4 is 10.5 Å². The first kappa shape index (κ1) is 19.2. The third-order valence-corrected chi connectivity index (χ3v) is 8.01. The van der Waals surface area contributed by atoms with Gasteiger partial charge in [-0.25, -0.2) is 4.98 Å². The maximum atomic E-state index is 12.9. The topological polar surface area (TPSA) is 38.1 Å². The Morgan fingerprint density at radius 3 is 2.48 bits per heavy atom. The van der Waals surface area contributed by atoms with Crippen LogP contribution in [0.15, 0.2) is 39.0 Å². The van der Waals surface area contributed by atoms with Crippen LogP contribution in [0.5, 0.6) is 0 Å². The van der Waals surface area contributed by atoms with Crippen LogP contribution in [-0.2, 0) is 7.05 Å². The van der Waals surface area contributed by atoms with E-state index in [0.29, 0.717) is 20.4 Å². The molecule has 0 atom stereocenters. The fraction of sp³-hybridized carbons (Fsp3) is 0.500. The molecule has 0 amide bonds. The van der Waals surface area contributed by atoms with Crippen molar-refractivity contribution in [3.05, 3.63) is 44.8 Å². The van der Waals surface area contributed by atoms with Gasteiger partial charge in [0.05, 0.1) is 21.1 Å². The molecule has 2 aliphatic rings. The van der Waals surface area contributed by atoms with Crippen LogP contribution in [0.3, 0.4) is 0 Å². The van der Waals surface area contributed by atoms with Crippen molar-refractivity contribution >= 4 is 40.9 Å². The van der Waals surface area contributed by atoms with Crippen LogP contribution in [0.4, 0.5) is 5.95 Å². The van der Waals surface area contributed by atoms with E-state index in [1.54, 1.807) is 23.9 Å². The Bertz CT molecular complexity index is 899. The van der Waals surface area contributed by atoms with Gasteiger partial charge in [-0.05, 0) is 43.2 Å². The predicted molar refractivity (Wildman–Crippen MR) is 112 cm³/mol. The maximum Gasteiger partial charge on any atom is 0.268 e. The summed E-state index contributed by atoms with van der Waals surface area (Å²) < 4.78 is 1.66. The Labute approximate surface area is 173 Å². The highest BCUT2D eigenvalue weighted by Gasteiger charge is 2.37. The molecule has 2 heterocycles. The quantitative estimate of drug-likeness (QED) is 0.662. The highest BCUT2D eigenvalue weighted by Crippen LogP contribution is 2.46. The first-order valence-electron chi connectivity index (χ1n) is 9.42. The highest BCUT2D eigenvalue weighted by atomic mass is 35.5. The lowest BCUT2D eigenvalue weighted by Crippen LogP contribution is -2.41. The second-order valence-electron chi connectivity index (χ2n) is 7.63. The van der Waals surface area contributed by atoms with Crippen LogP contribution in [0.2, 0.25) is 10.0 Å². The summed E-state index contributed by atoms with van der Waals surface area (Å²) in [5.41, 5.74) is 0.497. The maximum absolute atomic E-state index is 12.9. The number of anilines is 1. The van der Waals surface area contributed by atoms with Crippen molar-refractivity contribution in [2.45, 2.75) is 48.3 Å². The molecule has 1 saturated carbocycles. The molecule has 27 heavy (non-hydrogen) atoms. The van der Waals surface area contributed by atoms with Crippen molar-refractivity contribution in [1.29, 1.82) is 0 Å². The van der Waals surface area contributed by atoms with Crippen molar-refractivity contribution in [3.63, 3.8) is 0 Å². The molecule has 1 saturated heterocycles. The molecule has 1 aliphatic heterocycles. The van der Waals surface area contributed by atoms with E-state index < -0.39 is 0 Å². The largest absolute Gasteiger partial charge is 0.342 e. The van der Waals surface area contributed by atoms with Crippen molar-refractivity contribution in [2.75, 3.05) is 18.0 Å². The number of hydrogen-bond donors (Lipinski definition) is 0. The highest BCUT2D eigenvalue weighted by molar-refractivity contribution is 7.99. The van der Waals surface area contributed by atoms with Crippen molar-refractivity contribution in [3.8, 4) is 0 Å². The summed E-state index contributed by atoms with van der Waals surface area (Å²) in [6, 6.07) is 5.42. The molecule has 0 bridgehead atoms. The standard InChI is InChI=1S/C20H23Cl2N3OS/c1-24-18(26)16(27-15-6-4-5-14(21)17(15)22)13-23-19(24)25-11-9-20(10-12-25)7-2-3-8-20/h4-6,13H,2-3,7-12H2,1H3. The van der Waals surface area contributed by atoms with Gasteiger partial charge in [0, 0.05) is 25.0 Å². The van der Waals surface area contributed by atoms with Gasteiger partial charge in [0.2, 0.25) is 5.95 Å². The van der Waals surface area contributed by atoms with Crippen LogP contribution in [0.25, 0.3) is 0 Å². The molecule has 1 aromatic carbocycles. The van der Waals surface area contributed by atoms with Gasteiger partial charge in [-0.2, -0.15) is 0 Å². The average Bonchev–Trinajstić information content (AvgIpc) is 3.12. The third kappa shape index (κ3) is 3.74. The van der Waals surface area contributed by atoms with E-state index in [1.807, 2.05) is 12.1 Å². The number of hydrogen-bond acceptors (Lipinski definition) is 4.